The fourth-order valence-electron chi connectivity index (χ4n) is 2.21. The summed E-state index contributed by atoms with van der Waals surface area (Å²) in [7, 11) is 0. The number of fused-ring (bicyclic) bond motifs is 2. The minimum Gasteiger partial charge on any atom is -0.393 e. The third-order valence-corrected chi connectivity index (χ3v) is 3.45. The van der Waals surface area contributed by atoms with Gasteiger partial charge in [0.2, 0.25) is 0 Å². The molecular formula is C7H11ClO. The monoisotopic (exact) mass is 146 g/mol. The van der Waals surface area contributed by atoms with Crippen molar-refractivity contribution < 1.29 is 5.11 Å². The van der Waals surface area contributed by atoms with Crippen molar-refractivity contribution in [2.75, 3.05) is 0 Å². The molecule has 1 nitrogen and oxygen atoms in total. The minimum absolute atomic E-state index is 0.0775. The Hall–Kier alpha value is 0.250. The number of hydrogen-bond donors (Lipinski definition) is 1. The van der Waals surface area contributed by atoms with Crippen LogP contribution in [-0.4, -0.2) is 16.6 Å². The van der Waals surface area contributed by atoms with E-state index in [4.69, 9.17) is 11.6 Å². The Bertz CT molecular complexity index is 126. The van der Waals surface area contributed by atoms with Crippen LogP contribution in [0, 0.1) is 11.8 Å². The summed E-state index contributed by atoms with van der Waals surface area (Å²) in [6, 6.07) is 0. The molecule has 0 spiro atoms. The molecule has 0 amide bonds. The van der Waals surface area contributed by atoms with Gasteiger partial charge in [0.05, 0.1) is 6.10 Å². The van der Waals surface area contributed by atoms with Crippen molar-refractivity contribution in [3.05, 3.63) is 0 Å². The lowest BCUT2D eigenvalue weighted by Crippen LogP contribution is -2.16. The van der Waals surface area contributed by atoms with Crippen molar-refractivity contribution in [3.63, 3.8) is 0 Å². The first-order valence-corrected chi connectivity index (χ1v) is 4.05. The topological polar surface area (TPSA) is 20.2 Å². The first kappa shape index (κ1) is 5.99. The van der Waals surface area contributed by atoms with Gasteiger partial charge in [-0.05, 0) is 25.2 Å². The van der Waals surface area contributed by atoms with Crippen LogP contribution in [0.3, 0.4) is 0 Å². The normalized spacial score (nSPS) is 56.7. The van der Waals surface area contributed by atoms with Crippen molar-refractivity contribution in [3.8, 4) is 0 Å². The Morgan fingerprint density at radius 3 is 2.33 bits per heavy atom. The molecule has 1 N–H and O–H groups in total. The Kier molecular flexibility index (Phi) is 1.24. The number of rotatable bonds is 0. The maximum Gasteiger partial charge on any atom is 0.0585 e. The van der Waals surface area contributed by atoms with Crippen LogP contribution in [0.5, 0.6) is 0 Å². The maximum atomic E-state index is 9.31. The highest BCUT2D eigenvalue weighted by atomic mass is 35.5. The van der Waals surface area contributed by atoms with E-state index in [2.05, 4.69) is 0 Å². The standard InChI is InChI=1S/C7H11ClO/c8-7-4-1-2-5(7)6(9)3-4/h4-7,9H,1-3H2/t4-,5+,6-,7?/m0/s1. The fourth-order valence-corrected chi connectivity index (χ4v) is 2.73. The summed E-state index contributed by atoms with van der Waals surface area (Å²) in [5, 5.41) is 9.60. The number of alkyl halides is 1. The highest BCUT2D eigenvalue weighted by Crippen LogP contribution is 2.47. The molecule has 9 heavy (non-hydrogen) atoms. The molecule has 0 aromatic carbocycles. The molecule has 0 saturated heterocycles. The van der Waals surface area contributed by atoms with E-state index >= 15 is 0 Å². The van der Waals surface area contributed by atoms with Gasteiger partial charge in [0.1, 0.15) is 0 Å². The van der Waals surface area contributed by atoms with Crippen LogP contribution >= 0.6 is 11.6 Å². The third kappa shape index (κ3) is 0.714. The summed E-state index contributed by atoms with van der Waals surface area (Å²) in [5.41, 5.74) is 0. The van der Waals surface area contributed by atoms with Crippen LogP contribution in [0.4, 0.5) is 0 Å². The molecule has 2 fully saturated rings. The molecule has 2 rings (SSSR count). The van der Waals surface area contributed by atoms with Gasteiger partial charge in [0, 0.05) is 11.3 Å². The molecule has 2 heteroatoms. The minimum atomic E-state index is -0.0775. The zero-order valence-corrected chi connectivity index (χ0v) is 6.01. The molecule has 0 radical (unpaired) electrons. The number of halogens is 1. The van der Waals surface area contributed by atoms with E-state index in [1.807, 2.05) is 0 Å². The predicted octanol–water partition coefficient (Wildman–Crippen LogP) is 1.38. The van der Waals surface area contributed by atoms with Gasteiger partial charge in [0.15, 0.2) is 0 Å². The summed E-state index contributed by atoms with van der Waals surface area (Å²) in [6.07, 6.45) is 3.28. The Labute approximate surface area is 60.0 Å². The lowest BCUT2D eigenvalue weighted by Gasteiger charge is -2.14. The Morgan fingerprint density at radius 2 is 2.11 bits per heavy atom. The first-order valence-electron chi connectivity index (χ1n) is 3.61. The van der Waals surface area contributed by atoms with E-state index in [0.717, 1.165) is 12.8 Å². The summed E-state index contributed by atoms with van der Waals surface area (Å²) in [6.45, 7) is 0. The smallest absolute Gasteiger partial charge is 0.0585 e. The Balaban J connectivity index is 2.16. The van der Waals surface area contributed by atoms with E-state index in [-0.39, 0.29) is 6.10 Å². The van der Waals surface area contributed by atoms with Gasteiger partial charge < -0.3 is 5.11 Å². The van der Waals surface area contributed by atoms with E-state index in [9.17, 15) is 5.11 Å². The van der Waals surface area contributed by atoms with Crippen molar-refractivity contribution in [2.24, 2.45) is 11.8 Å². The van der Waals surface area contributed by atoms with E-state index in [1.54, 1.807) is 0 Å². The summed E-state index contributed by atoms with van der Waals surface area (Å²) < 4.78 is 0. The lowest BCUT2D eigenvalue weighted by atomic mass is 9.98. The zero-order chi connectivity index (χ0) is 6.43. The molecule has 52 valence electrons. The lowest BCUT2D eigenvalue weighted by molar-refractivity contribution is 0.114. The molecule has 2 aliphatic rings. The van der Waals surface area contributed by atoms with Gasteiger partial charge in [-0.3, -0.25) is 0 Å². The van der Waals surface area contributed by atoms with Crippen LogP contribution in [0.15, 0.2) is 0 Å². The summed E-state index contributed by atoms with van der Waals surface area (Å²) in [4.78, 5) is 0. The molecular weight excluding hydrogens is 136 g/mol. The molecule has 2 saturated carbocycles. The van der Waals surface area contributed by atoms with Crippen LogP contribution in [0.2, 0.25) is 0 Å². The summed E-state index contributed by atoms with van der Waals surface area (Å²) in [5.74, 6) is 1.06. The fraction of sp³-hybridized carbons (Fsp3) is 1.00. The Morgan fingerprint density at radius 1 is 1.33 bits per heavy atom. The van der Waals surface area contributed by atoms with E-state index < -0.39 is 0 Å². The van der Waals surface area contributed by atoms with Crippen LogP contribution in [0.1, 0.15) is 19.3 Å². The van der Waals surface area contributed by atoms with E-state index in [0.29, 0.717) is 17.2 Å². The van der Waals surface area contributed by atoms with Gasteiger partial charge in [-0.15, -0.1) is 11.6 Å². The second kappa shape index (κ2) is 1.86. The highest BCUT2D eigenvalue weighted by Gasteiger charge is 2.46. The van der Waals surface area contributed by atoms with Crippen molar-refractivity contribution >= 4 is 11.6 Å². The van der Waals surface area contributed by atoms with Crippen molar-refractivity contribution in [1.29, 1.82) is 0 Å². The van der Waals surface area contributed by atoms with Crippen LogP contribution in [-0.2, 0) is 0 Å². The number of aliphatic hydroxyl groups excluding tert-OH is 1. The molecule has 4 atom stereocenters. The van der Waals surface area contributed by atoms with Gasteiger partial charge in [-0.2, -0.15) is 0 Å². The quantitative estimate of drug-likeness (QED) is 0.512. The van der Waals surface area contributed by atoms with Crippen molar-refractivity contribution in [2.45, 2.75) is 30.7 Å². The number of hydrogen-bond acceptors (Lipinski definition) is 1. The molecule has 0 aromatic rings. The molecule has 1 unspecified atom stereocenters. The van der Waals surface area contributed by atoms with Gasteiger partial charge in [0.25, 0.3) is 0 Å². The van der Waals surface area contributed by atoms with E-state index in [1.165, 1.54) is 6.42 Å². The molecule has 0 aliphatic heterocycles. The largest absolute Gasteiger partial charge is 0.393 e. The maximum absolute atomic E-state index is 9.31. The van der Waals surface area contributed by atoms with Gasteiger partial charge in [-0.25, -0.2) is 0 Å². The average Bonchev–Trinajstić information content (AvgIpc) is 2.25. The SMILES string of the molecule is O[C@H]1C[C@@H]2CC[C@H]1C2Cl. The average molecular weight is 147 g/mol. The zero-order valence-electron chi connectivity index (χ0n) is 5.26. The second-order valence-electron chi connectivity index (χ2n) is 3.25. The molecule has 0 heterocycles. The predicted molar refractivity (Wildman–Crippen MR) is 36.5 cm³/mol. The first-order chi connectivity index (χ1) is 4.29. The third-order valence-electron chi connectivity index (χ3n) is 2.77. The number of aliphatic hydroxyl groups is 1. The molecule has 2 bridgehead atoms. The molecule has 2 aliphatic carbocycles. The summed E-state index contributed by atoms with van der Waals surface area (Å²) >= 11 is 6.01. The van der Waals surface area contributed by atoms with Crippen molar-refractivity contribution in [1.82, 2.24) is 0 Å². The highest BCUT2D eigenvalue weighted by molar-refractivity contribution is 6.21. The van der Waals surface area contributed by atoms with Gasteiger partial charge in [-0.1, -0.05) is 0 Å². The second-order valence-corrected chi connectivity index (χ2v) is 3.75. The van der Waals surface area contributed by atoms with Gasteiger partial charge >= 0.3 is 0 Å². The van der Waals surface area contributed by atoms with Crippen LogP contribution < -0.4 is 0 Å². The van der Waals surface area contributed by atoms with Crippen LogP contribution in [0.25, 0.3) is 0 Å². The molecule has 0 aromatic heterocycles.